The summed E-state index contributed by atoms with van der Waals surface area (Å²) >= 11 is 3.56. The van der Waals surface area contributed by atoms with Crippen molar-refractivity contribution in [1.82, 2.24) is 9.55 Å². The maximum Gasteiger partial charge on any atom is 0.205 e. The van der Waals surface area contributed by atoms with E-state index in [2.05, 4.69) is 33.9 Å². The number of halogens is 1. The molecule has 0 saturated heterocycles. The highest BCUT2D eigenvalue weighted by Gasteiger charge is 2.13. The molecule has 0 fully saturated rings. The number of benzene rings is 2. The van der Waals surface area contributed by atoms with Gasteiger partial charge in [0.1, 0.15) is 0 Å². The Bertz CT molecular complexity index is 774. The molecule has 0 aliphatic rings. The van der Waals surface area contributed by atoms with Crippen LogP contribution in [0.2, 0.25) is 0 Å². The van der Waals surface area contributed by atoms with Crippen LogP contribution < -0.4 is 5.73 Å². The molecule has 0 aliphatic heterocycles. The second kappa shape index (κ2) is 4.38. The van der Waals surface area contributed by atoms with Crippen LogP contribution in [0.4, 0.5) is 5.95 Å². The third-order valence-electron chi connectivity index (χ3n) is 3.39. The predicted molar refractivity (Wildman–Crippen MR) is 82.7 cm³/mol. The van der Waals surface area contributed by atoms with E-state index in [-0.39, 0.29) is 0 Å². The summed E-state index contributed by atoms with van der Waals surface area (Å²) in [6.07, 6.45) is 0. The molecule has 0 radical (unpaired) electrons. The topological polar surface area (TPSA) is 43.8 Å². The first-order valence-corrected chi connectivity index (χ1v) is 6.88. The highest BCUT2D eigenvalue weighted by Crippen LogP contribution is 2.29. The van der Waals surface area contributed by atoms with Gasteiger partial charge in [0.25, 0.3) is 0 Å². The first-order chi connectivity index (χ1) is 9.09. The van der Waals surface area contributed by atoms with E-state index in [9.17, 15) is 0 Å². The van der Waals surface area contributed by atoms with Crippen LogP contribution in [0.5, 0.6) is 0 Å². The summed E-state index contributed by atoms with van der Waals surface area (Å²) in [4.78, 5) is 4.49. The van der Waals surface area contributed by atoms with Crippen molar-refractivity contribution < 1.29 is 0 Å². The second-order valence-electron chi connectivity index (χ2n) is 4.63. The molecule has 0 bridgehead atoms. The molecule has 3 aromatic rings. The number of fused-ring (bicyclic) bond motifs is 1. The largest absolute Gasteiger partial charge is 0.369 e. The van der Waals surface area contributed by atoms with Gasteiger partial charge in [0.15, 0.2) is 0 Å². The van der Waals surface area contributed by atoms with Crippen molar-refractivity contribution in [3.8, 4) is 5.69 Å². The van der Waals surface area contributed by atoms with Crippen LogP contribution >= 0.6 is 15.9 Å². The van der Waals surface area contributed by atoms with Crippen molar-refractivity contribution >= 4 is 32.9 Å². The van der Waals surface area contributed by atoms with Crippen LogP contribution in [0.1, 0.15) is 11.1 Å². The number of nitrogens with two attached hydrogens (primary N) is 1. The van der Waals surface area contributed by atoms with Gasteiger partial charge >= 0.3 is 0 Å². The van der Waals surface area contributed by atoms with Gasteiger partial charge in [-0.3, -0.25) is 4.57 Å². The molecule has 0 atom stereocenters. The quantitative estimate of drug-likeness (QED) is 0.738. The highest BCUT2D eigenvalue weighted by atomic mass is 79.9. The summed E-state index contributed by atoms with van der Waals surface area (Å²) in [5.74, 6) is 0.519. The molecule has 19 heavy (non-hydrogen) atoms. The van der Waals surface area contributed by atoms with Gasteiger partial charge in [0.05, 0.1) is 16.7 Å². The van der Waals surface area contributed by atoms with Gasteiger partial charge in [-0.15, -0.1) is 0 Å². The number of rotatable bonds is 1. The van der Waals surface area contributed by atoms with Gasteiger partial charge in [0.2, 0.25) is 5.95 Å². The van der Waals surface area contributed by atoms with Crippen LogP contribution in [0.15, 0.2) is 40.9 Å². The summed E-state index contributed by atoms with van der Waals surface area (Å²) in [5, 5.41) is 0. The Kier molecular flexibility index (Phi) is 2.82. The highest BCUT2D eigenvalue weighted by molar-refractivity contribution is 9.10. The zero-order valence-electron chi connectivity index (χ0n) is 10.8. The van der Waals surface area contributed by atoms with Gasteiger partial charge < -0.3 is 5.73 Å². The van der Waals surface area contributed by atoms with Crippen LogP contribution in [-0.4, -0.2) is 9.55 Å². The Balaban J connectivity index is 2.40. The van der Waals surface area contributed by atoms with Crippen molar-refractivity contribution in [2.24, 2.45) is 0 Å². The summed E-state index contributed by atoms with van der Waals surface area (Å²) in [6, 6.07) is 12.2. The molecule has 2 aromatic carbocycles. The summed E-state index contributed by atoms with van der Waals surface area (Å²) < 4.78 is 3.07. The molecule has 0 spiro atoms. The van der Waals surface area contributed by atoms with Gasteiger partial charge in [-0.1, -0.05) is 34.1 Å². The number of aromatic nitrogens is 2. The lowest BCUT2D eigenvalue weighted by Gasteiger charge is -2.11. The van der Waals surface area contributed by atoms with Gasteiger partial charge in [-0.25, -0.2) is 4.98 Å². The van der Waals surface area contributed by atoms with Crippen LogP contribution in [-0.2, 0) is 0 Å². The Morgan fingerprint density at radius 3 is 2.63 bits per heavy atom. The van der Waals surface area contributed by atoms with Crippen LogP contribution in [0, 0.1) is 13.8 Å². The normalized spacial score (nSPS) is 11.1. The smallest absolute Gasteiger partial charge is 0.205 e. The first-order valence-electron chi connectivity index (χ1n) is 6.08. The van der Waals surface area contributed by atoms with Crippen molar-refractivity contribution in [3.63, 3.8) is 0 Å². The number of nitrogen functional groups attached to an aromatic ring is 1. The SMILES string of the molecule is Cc1c(Br)cccc1-n1c(N)nc2c(C)cccc21. The fourth-order valence-electron chi connectivity index (χ4n) is 2.35. The fraction of sp³-hybridized carbons (Fsp3) is 0.133. The third kappa shape index (κ3) is 1.83. The first kappa shape index (κ1) is 12.2. The fourth-order valence-corrected chi connectivity index (χ4v) is 2.70. The van der Waals surface area contributed by atoms with Gasteiger partial charge in [0, 0.05) is 4.47 Å². The molecule has 1 heterocycles. The summed E-state index contributed by atoms with van der Waals surface area (Å²) in [5.41, 5.74) is 11.4. The second-order valence-corrected chi connectivity index (χ2v) is 5.49. The molecule has 3 nitrogen and oxygen atoms in total. The average molecular weight is 316 g/mol. The summed E-state index contributed by atoms with van der Waals surface area (Å²) in [7, 11) is 0. The van der Waals surface area contributed by atoms with E-state index in [1.165, 1.54) is 0 Å². The number of hydrogen-bond donors (Lipinski definition) is 1. The van der Waals surface area contributed by atoms with Gasteiger partial charge in [-0.05, 0) is 43.2 Å². The maximum atomic E-state index is 6.11. The van der Waals surface area contributed by atoms with Crippen molar-refractivity contribution in [2.75, 3.05) is 5.73 Å². The number of nitrogens with zero attached hydrogens (tertiary/aromatic N) is 2. The number of anilines is 1. The molecule has 96 valence electrons. The number of hydrogen-bond acceptors (Lipinski definition) is 2. The molecule has 0 aliphatic carbocycles. The average Bonchev–Trinajstić information content (AvgIpc) is 2.71. The Morgan fingerprint density at radius 1 is 1.11 bits per heavy atom. The van der Waals surface area contributed by atoms with Gasteiger partial charge in [-0.2, -0.15) is 0 Å². The van der Waals surface area contributed by atoms with Crippen LogP contribution in [0.3, 0.4) is 0 Å². The number of para-hydroxylation sites is 1. The Morgan fingerprint density at radius 2 is 1.84 bits per heavy atom. The van der Waals surface area contributed by atoms with Crippen molar-refractivity contribution in [3.05, 3.63) is 52.0 Å². The van der Waals surface area contributed by atoms with E-state index in [0.717, 1.165) is 32.3 Å². The van der Waals surface area contributed by atoms with E-state index >= 15 is 0 Å². The lowest BCUT2D eigenvalue weighted by atomic mass is 10.1. The van der Waals surface area contributed by atoms with E-state index in [0.29, 0.717) is 5.95 Å². The zero-order chi connectivity index (χ0) is 13.6. The Labute approximate surface area is 120 Å². The van der Waals surface area contributed by atoms with Crippen LogP contribution in [0.25, 0.3) is 16.7 Å². The van der Waals surface area contributed by atoms with E-state index in [1.807, 2.05) is 41.8 Å². The molecule has 2 N–H and O–H groups in total. The summed E-state index contributed by atoms with van der Waals surface area (Å²) in [6.45, 7) is 4.12. The van der Waals surface area contributed by atoms with E-state index in [1.54, 1.807) is 0 Å². The number of imidazole rings is 1. The predicted octanol–water partition coefficient (Wildman–Crippen LogP) is 3.99. The number of aryl methyl sites for hydroxylation is 1. The molecular formula is C15H14BrN3. The minimum Gasteiger partial charge on any atom is -0.369 e. The molecule has 1 aromatic heterocycles. The minimum atomic E-state index is 0.519. The third-order valence-corrected chi connectivity index (χ3v) is 4.25. The van der Waals surface area contributed by atoms with Crippen molar-refractivity contribution in [2.45, 2.75) is 13.8 Å². The zero-order valence-corrected chi connectivity index (χ0v) is 12.4. The standard InChI is InChI=1S/C15H14BrN3/c1-9-5-3-8-13-14(9)18-15(17)19(13)12-7-4-6-11(16)10(12)2/h3-8H,1-2H3,(H2,17,18). The molecule has 0 amide bonds. The maximum absolute atomic E-state index is 6.11. The lowest BCUT2D eigenvalue weighted by Crippen LogP contribution is -2.02. The Hall–Kier alpha value is -1.81. The molecular weight excluding hydrogens is 302 g/mol. The monoisotopic (exact) mass is 315 g/mol. The van der Waals surface area contributed by atoms with E-state index in [4.69, 9.17) is 5.73 Å². The van der Waals surface area contributed by atoms with Crippen molar-refractivity contribution in [1.29, 1.82) is 0 Å². The molecule has 4 heteroatoms. The molecule has 0 unspecified atom stereocenters. The van der Waals surface area contributed by atoms with E-state index < -0.39 is 0 Å². The molecule has 0 saturated carbocycles. The lowest BCUT2D eigenvalue weighted by molar-refractivity contribution is 1.09. The minimum absolute atomic E-state index is 0.519. The molecule has 3 rings (SSSR count).